The molecular formula is C12H23NO3. The minimum atomic E-state index is -0.115. The van der Waals surface area contributed by atoms with Gasteiger partial charge in [0.1, 0.15) is 0 Å². The second-order valence-electron chi connectivity index (χ2n) is 5.35. The van der Waals surface area contributed by atoms with Crippen LogP contribution in [0, 0.1) is 5.41 Å². The number of methoxy groups -OCH3 is 1. The molecule has 0 aromatic rings. The molecule has 0 radical (unpaired) electrons. The topological polar surface area (TPSA) is 41.8 Å². The van der Waals surface area contributed by atoms with Crippen molar-refractivity contribution in [2.24, 2.45) is 5.41 Å². The highest BCUT2D eigenvalue weighted by molar-refractivity contribution is 5.68. The van der Waals surface area contributed by atoms with Crippen LogP contribution in [0.1, 0.15) is 46.5 Å². The molecule has 0 N–H and O–H groups in total. The molecule has 0 saturated carbocycles. The van der Waals surface area contributed by atoms with E-state index in [2.05, 4.69) is 25.5 Å². The summed E-state index contributed by atoms with van der Waals surface area (Å²) in [5, 5.41) is 2.03. The Morgan fingerprint density at radius 2 is 2.00 bits per heavy atom. The average Bonchev–Trinajstić information content (AvgIpc) is 2.95. The second-order valence-corrected chi connectivity index (χ2v) is 5.35. The number of nitrogens with zero attached hydrogens (tertiary/aromatic N) is 1. The molecule has 1 heterocycles. The van der Waals surface area contributed by atoms with Crippen molar-refractivity contribution in [2.45, 2.75) is 52.7 Å². The van der Waals surface area contributed by atoms with Gasteiger partial charge in [-0.2, -0.15) is 5.06 Å². The monoisotopic (exact) mass is 229 g/mol. The fourth-order valence-corrected chi connectivity index (χ4v) is 1.68. The summed E-state index contributed by atoms with van der Waals surface area (Å²) in [7, 11) is 1.43. The number of hydrogen-bond donors (Lipinski definition) is 0. The van der Waals surface area contributed by atoms with Crippen LogP contribution in [0.2, 0.25) is 0 Å². The molecule has 0 aromatic heterocycles. The van der Waals surface area contributed by atoms with E-state index in [9.17, 15) is 4.79 Å². The van der Waals surface area contributed by atoms with Crippen molar-refractivity contribution < 1.29 is 14.4 Å². The first-order valence-corrected chi connectivity index (χ1v) is 5.95. The van der Waals surface area contributed by atoms with Gasteiger partial charge in [0.2, 0.25) is 0 Å². The van der Waals surface area contributed by atoms with Crippen molar-refractivity contribution in [3.8, 4) is 0 Å². The number of unbranched alkanes of at least 4 members (excludes halogenated alkanes) is 2. The molecule has 0 bridgehead atoms. The highest BCUT2D eigenvalue weighted by Gasteiger charge is 2.44. The van der Waals surface area contributed by atoms with Crippen LogP contribution in [-0.4, -0.2) is 30.9 Å². The lowest BCUT2D eigenvalue weighted by Gasteiger charge is -2.13. The van der Waals surface area contributed by atoms with Crippen LogP contribution in [0.4, 0.5) is 0 Å². The van der Waals surface area contributed by atoms with E-state index < -0.39 is 0 Å². The quantitative estimate of drug-likeness (QED) is 0.398. The van der Waals surface area contributed by atoms with E-state index in [1.807, 2.05) is 5.06 Å². The van der Waals surface area contributed by atoms with Crippen molar-refractivity contribution in [3.05, 3.63) is 0 Å². The van der Waals surface area contributed by atoms with Crippen LogP contribution >= 0.6 is 0 Å². The van der Waals surface area contributed by atoms with Gasteiger partial charge in [0.05, 0.1) is 7.11 Å². The zero-order valence-electron chi connectivity index (χ0n) is 10.8. The Labute approximate surface area is 97.9 Å². The van der Waals surface area contributed by atoms with Gasteiger partial charge in [-0.05, 0) is 12.8 Å². The molecule has 4 nitrogen and oxygen atoms in total. The van der Waals surface area contributed by atoms with Gasteiger partial charge in [-0.25, -0.2) is 0 Å². The van der Waals surface area contributed by atoms with E-state index >= 15 is 0 Å². The Kier molecular flexibility index (Phi) is 4.74. The largest absolute Gasteiger partial charge is 0.469 e. The molecule has 2 unspecified atom stereocenters. The highest BCUT2D eigenvalue weighted by Crippen LogP contribution is 2.36. The summed E-state index contributed by atoms with van der Waals surface area (Å²) in [4.78, 5) is 16.3. The highest BCUT2D eigenvalue weighted by atomic mass is 16.8. The lowest BCUT2D eigenvalue weighted by atomic mass is 9.96. The van der Waals surface area contributed by atoms with Crippen molar-refractivity contribution in [1.29, 1.82) is 0 Å². The predicted molar refractivity (Wildman–Crippen MR) is 61.5 cm³/mol. The lowest BCUT2D eigenvalue weighted by Crippen LogP contribution is -2.19. The lowest BCUT2D eigenvalue weighted by molar-refractivity contribution is -0.140. The van der Waals surface area contributed by atoms with Crippen LogP contribution in [0.25, 0.3) is 0 Å². The summed E-state index contributed by atoms with van der Waals surface area (Å²) in [6.45, 7) is 7.49. The van der Waals surface area contributed by atoms with Gasteiger partial charge in [-0.1, -0.05) is 27.2 Å². The smallest absolute Gasteiger partial charge is 0.305 e. The van der Waals surface area contributed by atoms with Crippen LogP contribution in [0.5, 0.6) is 0 Å². The molecule has 0 aliphatic carbocycles. The molecular weight excluding hydrogens is 206 g/mol. The molecule has 94 valence electrons. The number of carbonyl (C=O) groups excluding carboxylic acids is 1. The second kappa shape index (κ2) is 5.64. The molecule has 1 fully saturated rings. The molecule has 1 aliphatic rings. The molecule has 16 heavy (non-hydrogen) atoms. The number of hydroxylamine groups is 2. The van der Waals surface area contributed by atoms with Crippen LogP contribution in [-0.2, 0) is 14.4 Å². The van der Waals surface area contributed by atoms with Gasteiger partial charge in [-0.15, -0.1) is 0 Å². The Balaban J connectivity index is 1.96. The first-order valence-electron chi connectivity index (χ1n) is 5.95. The van der Waals surface area contributed by atoms with Crippen molar-refractivity contribution in [3.63, 3.8) is 0 Å². The number of rotatable bonds is 6. The van der Waals surface area contributed by atoms with E-state index in [0.717, 1.165) is 25.8 Å². The van der Waals surface area contributed by atoms with Crippen LogP contribution in [0.3, 0.4) is 0 Å². The Morgan fingerprint density at radius 1 is 1.31 bits per heavy atom. The molecule has 1 saturated heterocycles. The summed E-state index contributed by atoms with van der Waals surface area (Å²) >= 11 is 0. The first-order chi connectivity index (χ1) is 7.45. The van der Waals surface area contributed by atoms with E-state index in [1.54, 1.807) is 0 Å². The van der Waals surface area contributed by atoms with Crippen LogP contribution in [0.15, 0.2) is 0 Å². The summed E-state index contributed by atoms with van der Waals surface area (Å²) < 4.78 is 4.58. The fraction of sp³-hybridized carbons (Fsp3) is 0.917. The molecule has 0 amide bonds. The fourth-order valence-electron chi connectivity index (χ4n) is 1.68. The Morgan fingerprint density at radius 3 is 2.50 bits per heavy atom. The normalized spacial score (nSPS) is 24.2. The average molecular weight is 229 g/mol. The van der Waals surface area contributed by atoms with Crippen molar-refractivity contribution in [1.82, 2.24) is 5.06 Å². The van der Waals surface area contributed by atoms with Gasteiger partial charge in [0, 0.05) is 18.4 Å². The minimum absolute atomic E-state index is 0.115. The molecule has 2 atom stereocenters. The summed E-state index contributed by atoms with van der Waals surface area (Å²) in [5.74, 6) is -0.115. The zero-order valence-corrected chi connectivity index (χ0v) is 10.8. The van der Waals surface area contributed by atoms with E-state index in [0.29, 0.717) is 6.42 Å². The number of hydrogen-bond acceptors (Lipinski definition) is 4. The van der Waals surface area contributed by atoms with Gasteiger partial charge in [0.15, 0.2) is 6.23 Å². The van der Waals surface area contributed by atoms with Gasteiger partial charge >= 0.3 is 5.97 Å². The third kappa shape index (κ3) is 4.49. The molecule has 0 spiro atoms. The Hall–Kier alpha value is -0.610. The summed E-state index contributed by atoms with van der Waals surface area (Å²) in [6.07, 6.45) is 3.82. The van der Waals surface area contributed by atoms with Crippen molar-refractivity contribution in [2.75, 3.05) is 13.7 Å². The minimum Gasteiger partial charge on any atom is -0.469 e. The molecule has 0 aromatic carbocycles. The number of ether oxygens (including phenoxy) is 1. The third-order valence-corrected chi connectivity index (χ3v) is 2.68. The zero-order chi connectivity index (χ0) is 12.2. The summed E-state index contributed by atoms with van der Waals surface area (Å²) in [5.41, 5.74) is 0.200. The van der Waals surface area contributed by atoms with Gasteiger partial charge < -0.3 is 4.74 Å². The van der Waals surface area contributed by atoms with Gasteiger partial charge in [-0.3, -0.25) is 9.63 Å². The molecule has 4 heteroatoms. The number of esters is 1. The maximum Gasteiger partial charge on any atom is 0.305 e. The first kappa shape index (κ1) is 13.5. The predicted octanol–water partition coefficient (Wildman–Crippen LogP) is 2.34. The standard InChI is InChI=1S/C12H23NO3/c1-12(2,3)11-13(16-11)9-7-5-6-8-10(14)15-4/h11H,5-9H2,1-4H3. The SMILES string of the molecule is COC(=O)CCCCCN1OC1C(C)(C)C. The van der Waals surface area contributed by atoms with E-state index in [1.165, 1.54) is 7.11 Å². The maximum absolute atomic E-state index is 10.8. The number of carbonyl (C=O) groups is 1. The van der Waals surface area contributed by atoms with Crippen LogP contribution < -0.4 is 0 Å². The summed E-state index contributed by atoms with van der Waals surface area (Å²) in [6, 6.07) is 0. The van der Waals surface area contributed by atoms with Gasteiger partial charge in [0.25, 0.3) is 0 Å². The maximum atomic E-state index is 10.8. The molecule has 1 aliphatic heterocycles. The van der Waals surface area contributed by atoms with E-state index in [-0.39, 0.29) is 17.6 Å². The Bertz CT molecular complexity index is 235. The molecule has 1 rings (SSSR count). The van der Waals surface area contributed by atoms with Crippen molar-refractivity contribution >= 4 is 5.97 Å². The van der Waals surface area contributed by atoms with E-state index in [4.69, 9.17) is 4.84 Å². The third-order valence-electron chi connectivity index (χ3n) is 2.68.